The summed E-state index contributed by atoms with van der Waals surface area (Å²) in [6, 6.07) is 0. The minimum atomic E-state index is -0.858. The molecule has 25 heavy (non-hydrogen) atoms. The number of carboxylic acid groups (broad SMARTS) is 1. The summed E-state index contributed by atoms with van der Waals surface area (Å²) in [6.07, 6.45) is 1.85. The Balaban J connectivity index is 1.64. The molecule has 2 saturated heterocycles. The number of rotatable bonds is 5. The number of carbonyl (C=O) groups excluding carboxylic acids is 1. The van der Waals surface area contributed by atoms with E-state index < -0.39 is 5.97 Å². The number of hydrogen-bond acceptors (Lipinski definition) is 6. The minimum absolute atomic E-state index is 0.0208. The zero-order valence-electron chi connectivity index (χ0n) is 14.6. The number of aliphatic carboxylic acids is 1. The SMILES string of the molecule is C[C@@H]1CN(CC(=O)N2C[C@H](CC(=O)O)[C@H](c3cn[nH]n3)C2)C[C@H](C)O1. The Morgan fingerprint density at radius 2 is 2.00 bits per heavy atom. The van der Waals surface area contributed by atoms with E-state index in [0.29, 0.717) is 19.6 Å². The first kappa shape index (κ1) is 17.8. The molecule has 0 saturated carbocycles. The molecule has 3 rings (SSSR count). The van der Waals surface area contributed by atoms with Crippen LogP contribution in [0.25, 0.3) is 0 Å². The lowest BCUT2D eigenvalue weighted by atomic mass is 9.91. The highest BCUT2D eigenvalue weighted by Gasteiger charge is 2.39. The van der Waals surface area contributed by atoms with Gasteiger partial charge in [0, 0.05) is 32.1 Å². The Hall–Kier alpha value is -2.00. The van der Waals surface area contributed by atoms with Crippen molar-refractivity contribution in [1.82, 2.24) is 25.2 Å². The van der Waals surface area contributed by atoms with Crippen molar-refractivity contribution < 1.29 is 19.4 Å². The van der Waals surface area contributed by atoms with E-state index in [1.807, 2.05) is 13.8 Å². The summed E-state index contributed by atoms with van der Waals surface area (Å²) < 4.78 is 5.70. The smallest absolute Gasteiger partial charge is 0.303 e. The topological polar surface area (TPSA) is 112 Å². The highest BCUT2D eigenvalue weighted by atomic mass is 16.5. The van der Waals surface area contributed by atoms with Crippen LogP contribution in [0.4, 0.5) is 0 Å². The first-order valence-electron chi connectivity index (χ1n) is 8.65. The van der Waals surface area contributed by atoms with Crippen molar-refractivity contribution in [3.63, 3.8) is 0 Å². The fraction of sp³-hybridized carbons (Fsp3) is 0.750. The van der Waals surface area contributed by atoms with Crippen molar-refractivity contribution in [3.8, 4) is 0 Å². The fourth-order valence-electron chi connectivity index (χ4n) is 3.94. The monoisotopic (exact) mass is 351 g/mol. The number of carboxylic acids is 1. The van der Waals surface area contributed by atoms with E-state index in [1.165, 1.54) is 0 Å². The summed E-state index contributed by atoms with van der Waals surface area (Å²) in [7, 11) is 0. The highest BCUT2D eigenvalue weighted by Crippen LogP contribution is 2.33. The molecule has 1 aromatic rings. The molecule has 0 radical (unpaired) electrons. The zero-order chi connectivity index (χ0) is 18.0. The van der Waals surface area contributed by atoms with Crippen molar-refractivity contribution in [3.05, 3.63) is 11.9 Å². The number of H-pyrrole nitrogens is 1. The lowest BCUT2D eigenvalue weighted by Crippen LogP contribution is -2.49. The van der Waals surface area contributed by atoms with E-state index in [9.17, 15) is 9.59 Å². The number of nitrogens with zero attached hydrogens (tertiary/aromatic N) is 4. The summed E-state index contributed by atoms with van der Waals surface area (Å²) in [4.78, 5) is 27.8. The standard InChI is InChI=1S/C16H25N5O4/c1-10-5-20(6-11(2)25-10)9-15(22)21-7-12(3-16(23)24)13(8-21)14-4-17-19-18-14/h4,10-13H,3,5-9H2,1-2H3,(H,23,24)(H,17,18,19)/t10-,11+,12-,13+/m0/s1. The van der Waals surface area contributed by atoms with Gasteiger partial charge in [-0.05, 0) is 19.8 Å². The van der Waals surface area contributed by atoms with Gasteiger partial charge in [-0.2, -0.15) is 15.4 Å². The zero-order valence-corrected chi connectivity index (χ0v) is 14.6. The van der Waals surface area contributed by atoms with Crippen LogP contribution in [0.2, 0.25) is 0 Å². The molecule has 2 aliphatic rings. The van der Waals surface area contributed by atoms with Crippen molar-refractivity contribution in [2.24, 2.45) is 5.92 Å². The van der Waals surface area contributed by atoms with Gasteiger partial charge in [-0.25, -0.2) is 0 Å². The van der Waals surface area contributed by atoms with E-state index in [1.54, 1.807) is 11.1 Å². The van der Waals surface area contributed by atoms with Gasteiger partial charge in [-0.3, -0.25) is 14.5 Å². The second-order valence-electron chi connectivity index (χ2n) is 7.11. The van der Waals surface area contributed by atoms with Crippen LogP contribution in [-0.2, 0) is 14.3 Å². The molecule has 1 amide bonds. The number of morpholine rings is 1. The molecule has 2 N–H and O–H groups in total. The molecule has 0 spiro atoms. The minimum Gasteiger partial charge on any atom is -0.481 e. The Labute approximate surface area is 146 Å². The third-order valence-corrected chi connectivity index (χ3v) is 4.90. The molecule has 138 valence electrons. The van der Waals surface area contributed by atoms with Gasteiger partial charge in [0.25, 0.3) is 0 Å². The molecule has 9 nitrogen and oxygen atoms in total. The Bertz CT molecular complexity index is 598. The predicted octanol–water partition coefficient (Wildman–Crippen LogP) is -0.0694. The van der Waals surface area contributed by atoms with Crippen LogP contribution < -0.4 is 0 Å². The number of hydrogen-bond donors (Lipinski definition) is 2. The quantitative estimate of drug-likeness (QED) is 0.764. The molecular weight excluding hydrogens is 326 g/mol. The van der Waals surface area contributed by atoms with Gasteiger partial charge in [0.05, 0.1) is 37.1 Å². The number of amides is 1. The number of aromatic amines is 1. The van der Waals surface area contributed by atoms with E-state index >= 15 is 0 Å². The lowest BCUT2D eigenvalue weighted by molar-refractivity contribution is -0.139. The Morgan fingerprint density at radius 1 is 1.28 bits per heavy atom. The molecule has 0 aromatic carbocycles. The molecule has 2 aliphatic heterocycles. The second kappa shape index (κ2) is 7.49. The summed E-state index contributed by atoms with van der Waals surface area (Å²) >= 11 is 0. The number of ether oxygens (including phenoxy) is 1. The highest BCUT2D eigenvalue weighted by molar-refractivity contribution is 5.79. The largest absolute Gasteiger partial charge is 0.481 e. The van der Waals surface area contributed by atoms with Crippen LogP contribution in [-0.4, -0.2) is 87.1 Å². The summed E-state index contributed by atoms with van der Waals surface area (Å²) in [5.74, 6) is -1.07. The second-order valence-corrected chi connectivity index (χ2v) is 7.11. The number of carbonyl (C=O) groups is 2. The lowest BCUT2D eigenvalue weighted by Gasteiger charge is -2.35. The van der Waals surface area contributed by atoms with Crippen LogP contribution in [0.1, 0.15) is 31.9 Å². The molecule has 0 bridgehead atoms. The third-order valence-electron chi connectivity index (χ3n) is 4.90. The molecule has 1 aromatic heterocycles. The van der Waals surface area contributed by atoms with E-state index in [2.05, 4.69) is 20.3 Å². The average Bonchev–Trinajstić information content (AvgIpc) is 3.14. The van der Waals surface area contributed by atoms with Crippen molar-refractivity contribution >= 4 is 11.9 Å². The molecule has 4 atom stereocenters. The molecule has 0 unspecified atom stereocenters. The van der Waals surface area contributed by atoms with E-state index in [-0.39, 0.29) is 36.4 Å². The number of likely N-dealkylation sites (tertiary alicyclic amines) is 1. The van der Waals surface area contributed by atoms with Crippen LogP contribution in [0.15, 0.2) is 6.20 Å². The maximum Gasteiger partial charge on any atom is 0.303 e. The maximum absolute atomic E-state index is 12.7. The third kappa shape index (κ3) is 4.35. The van der Waals surface area contributed by atoms with Gasteiger partial charge in [0.2, 0.25) is 5.91 Å². The van der Waals surface area contributed by atoms with Gasteiger partial charge in [0.15, 0.2) is 0 Å². The van der Waals surface area contributed by atoms with Crippen molar-refractivity contribution in [2.75, 3.05) is 32.7 Å². The maximum atomic E-state index is 12.7. The number of aromatic nitrogens is 3. The number of nitrogens with one attached hydrogen (secondary N) is 1. The van der Waals surface area contributed by atoms with Gasteiger partial charge in [-0.15, -0.1) is 0 Å². The van der Waals surface area contributed by atoms with Gasteiger partial charge < -0.3 is 14.7 Å². The van der Waals surface area contributed by atoms with Crippen molar-refractivity contribution in [2.45, 2.75) is 38.4 Å². The first-order valence-corrected chi connectivity index (χ1v) is 8.65. The predicted molar refractivity (Wildman–Crippen MR) is 87.9 cm³/mol. The fourth-order valence-corrected chi connectivity index (χ4v) is 3.94. The Morgan fingerprint density at radius 3 is 2.60 bits per heavy atom. The molecule has 0 aliphatic carbocycles. The summed E-state index contributed by atoms with van der Waals surface area (Å²) in [6.45, 7) is 6.74. The van der Waals surface area contributed by atoms with Crippen molar-refractivity contribution in [1.29, 1.82) is 0 Å². The van der Waals surface area contributed by atoms with Gasteiger partial charge >= 0.3 is 5.97 Å². The molecule has 9 heteroatoms. The summed E-state index contributed by atoms with van der Waals surface area (Å²) in [5, 5.41) is 19.6. The normalized spacial score (nSPS) is 30.6. The first-order chi connectivity index (χ1) is 11.9. The molecular formula is C16H25N5O4. The summed E-state index contributed by atoms with van der Waals surface area (Å²) in [5.41, 5.74) is 0.718. The van der Waals surface area contributed by atoms with E-state index in [4.69, 9.17) is 9.84 Å². The van der Waals surface area contributed by atoms with Crippen LogP contribution >= 0.6 is 0 Å². The van der Waals surface area contributed by atoms with Gasteiger partial charge in [0.1, 0.15) is 0 Å². The average molecular weight is 351 g/mol. The molecule has 2 fully saturated rings. The van der Waals surface area contributed by atoms with Crippen LogP contribution in [0, 0.1) is 5.92 Å². The van der Waals surface area contributed by atoms with Crippen LogP contribution in [0.3, 0.4) is 0 Å². The van der Waals surface area contributed by atoms with Crippen LogP contribution in [0.5, 0.6) is 0 Å². The van der Waals surface area contributed by atoms with Gasteiger partial charge in [-0.1, -0.05) is 0 Å². The molecule has 3 heterocycles. The Kier molecular flexibility index (Phi) is 5.33. The van der Waals surface area contributed by atoms with E-state index in [0.717, 1.165) is 18.8 Å².